The minimum atomic E-state index is -4.75. The molecule has 3 heterocycles. The SMILES string of the molecule is Cc1ccc(NC(=O)COc2ccc(Br)cc2[C@H]2c3sc(=O)[nH]c3SC3C4CC(C5C(=O)N(c6ccccc6C(F)(F)F)C(=O)C45)C32)cc1. The first kappa shape index (κ1) is 32.3. The van der Waals surface area contributed by atoms with E-state index in [1.807, 2.05) is 25.1 Å². The summed E-state index contributed by atoms with van der Waals surface area (Å²) in [7, 11) is 0. The average molecular weight is 771 g/mol. The van der Waals surface area contributed by atoms with E-state index in [-0.39, 0.29) is 40.4 Å². The van der Waals surface area contributed by atoms with Crippen LogP contribution in [0.25, 0.3) is 0 Å². The number of amides is 3. The van der Waals surface area contributed by atoms with Crippen molar-refractivity contribution in [1.82, 2.24) is 4.98 Å². The molecule has 1 saturated heterocycles. The average Bonchev–Trinajstić information content (AvgIpc) is 3.80. The lowest BCUT2D eigenvalue weighted by atomic mass is 9.68. The molecule has 4 aromatic rings. The summed E-state index contributed by atoms with van der Waals surface area (Å²) in [6.07, 6.45) is -4.19. The van der Waals surface area contributed by atoms with Gasteiger partial charge in [0.15, 0.2) is 6.61 Å². The van der Waals surface area contributed by atoms with Crippen molar-refractivity contribution < 1.29 is 32.3 Å². The topological polar surface area (TPSA) is 109 Å². The van der Waals surface area contributed by atoms with Crippen LogP contribution in [0.5, 0.6) is 5.75 Å². The Kier molecular flexibility index (Phi) is 7.83. The smallest absolute Gasteiger partial charge is 0.418 e. The monoisotopic (exact) mass is 769 g/mol. The Hall–Kier alpha value is -3.88. The van der Waals surface area contributed by atoms with Crippen LogP contribution in [0.15, 0.2) is 81.0 Å². The number of ether oxygens (including phenoxy) is 1. The van der Waals surface area contributed by atoms with Gasteiger partial charge in [0, 0.05) is 31.8 Å². The second-order valence-corrected chi connectivity index (χ2v) is 16.0. The van der Waals surface area contributed by atoms with E-state index < -0.39 is 47.0 Å². The number of nitrogens with one attached hydrogen (secondary N) is 2. The van der Waals surface area contributed by atoms with Crippen molar-refractivity contribution in [2.45, 2.75) is 35.7 Å². The zero-order valence-corrected chi connectivity index (χ0v) is 28.8. The number of hydrogen-bond acceptors (Lipinski definition) is 7. The number of carbonyl (C=O) groups is 3. The Labute approximate surface area is 294 Å². The molecule has 14 heteroatoms. The summed E-state index contributed by atoms with van der Waals surface area (Å²) in [6.45, 7) is 1.66. The first-order valence-electron chi connectivity index (χ1n) is 15.6. The largest absolute Gasteiger partial charge is 0.483 e. The molecule has 2 N–H and O–H groups in total. The number of aromatic nitrogens is 1. The molecular weight excluding hydrogens is 743 g/mol. The van der Waals surface area contributed by atoms with Crippen LogP contribution in [-0.2, 0) is 20.6 Å². The van der Waals surface area contributed by atoms with Gasteiger partial charge in [0.1, 0.15) is 5.75 Å². The molecule has 49 heavy (non-hydrogen) atoms. The van der Waals surface area contributed by atoms with E-state index in [1.165, 1.54) is 30.0 Å². The van der Waals surface area contributed by atoms with Gasteiger partial charge >= 0.3 is 11.0 Å². The number of para-hydroxylation sites is 1. The van der Waals surface area contributed by atoms with Gasteiger partial charge in [-0.2, -0.15) is 13.2 Å². The first-order chi connectivity index (χ1) is 23.4. The molecular formula is C35H27BrF3N3O5S2. The maximum Gasteiger partial charge on any atom is 0.418 e. The minimum Gasteiger partial charge on any atom is -0.483 e. The number of benzene rings is 3. The highest BCUT2D eigenvalue weighted by molar-refractivity contribution is 9.10. The van der Waals surface area contributed by atoms with Gasteiger partial charge in [0.2, 0.25) is 11.8 Å². The molecule has 3 aromatic carbocycles. The van der Waals surface area contributed by atoms with Gasteiger partial charge in [-0.25, -0.2) is 4.90 Å². The first-order valence-corrected chi connectivity index (χ1v) is 18.1. The fraction of sp³-hybridized carbons (Fsp3) is 0.314. The third-order valence-corrected chi connectivity index (χ3v) is 13.3. The van der Waals surface area contributed by atoms with Crippen LogP contribution in [0.4, 0.5) is 24.5 Å². The molecule has 3 fully saturated rings. The van der Waals surface area contributed by atoms with E-state index in [1.54, 1.807) is 24.3 Å². The number of anilines is 2. The van der Waals surface area contributed by atoms with Gasteiger partial charge in [0.05, 0.1) is 28.1 Å². The van der Waals surface area contributed by atoms with Gasteiger partial charge in [-0.1, -0.05) is 57.1 Å². The summed E-state index contributed by atoms with van der Waals surface area (Å²) in [4.78, 5) is 57.9. The molecule has 7 atom stereocenters. The number of fused-ring (bicyclic) bond motifs is 9. The number of alkyl halides is 3. The van der Waals surface area contributed by atoms with Crippen molar-refractivity contribution in [2.24, 2.45) is 29.6 Å². The number of hydrogen-bond donors (Lipinski definition) is 2. The predicted octanol–water partition coefficient (Wildman–Crippen LogP) is 7.22. The number of aromatic amines is 1. The van der Waals surface area contributed by atoms with Crippen LogP contribution in [0, 0.1) is 36.5 Å². The lowest BCUT2D eigenvalue weighted by molar-refractivity contribution is -0.137. The van der Waals surface area contributed by atoms with Crippen LogP contribution in [0.2, 0.25) is 0 Å². The number of carbonyl (C=O) groups excluding carboxylic acids is 3. The summed E-state index contributed by atoms with van der Waals surface area (Å²) in [5, 5.41) is 3.30. The molecule has 8 nitrogen and oxygen atoms in total. The summed E-state index contributed by atoms with van der Waals surface area (Å²) in [6, 6.07) is 17.5. The van der Waals surface area contributed by atoms with Crippen LogP contribution < -0.4 is 19.8 Å². The second kappa shape index (κ2) is 11.9. The maximum absolute atomic E-state index is 14.1. The number of aryl methyl sites for hydroxylation is 1. The lowest BCUT2D eigenvalue weighted by Gasteiger charge is -2.43. The van der Waals surface area contributed by atoms with Gasteiger partial charge in [-0.15, -0.1) is 11.8 Å². The molecule has 1 aromatic heterocycles. The summed E-state index contributed by atoms with van der Waals surface area (Å²) in [5.74, 6) is -4.01. The van der Waals surface area contributed by atoms with E-state index in [0.717, 1.165) is 37.2 Å². The molecule has 2 aliphatic heterocycles. The van der Waals surface area contributed by atoms with Crippen LogP contribution >= 0.6 is 39.0 Å². The van der Waals surface area contributed by atoms with Crippen molar-refractivity contribution in [2.75, 3.05) is 16.8 Å². The molecule has 252 valence electrons. The molecule has 4 aliphatic rings. The van der Waals surface area contributed by atoms with Crippen LogP contribution in [0.1, 0.15) is 33.9 Å². The van der Waals surface area contributed by atoms with Gasteiger partial charge in [-0.3, -0.25) is 19.2 Å². The van der Waals surface area contributed by atoms with Crippen molar-refractivity contribution in [1.29, 1.82) is 0 Å². The van der Waals surface area contributed by atoms with Crippen molar-refractivity contribution in [3.63, 3.8) is 0 Å². The number of imide groups is 1. The Morgan fingerprint density at radius 3 is 2.47 bits per heavy atom. The third kappa shape index (κ3) is 5.34. The summed E-state index contributed by atoms with van der Waals surface area (Å²) < 4.78 is 49.0. The van der Waals surface area contributed by atoms with E-state index in [0.29, 0.717) is 28.4 Å². The molecule has 3 amide bonds. The third-order valence-electron chi connectivity index (χ3n) is 10.2. The van der Waals surface area contributed by atoms with Crippen molar-refractivity contribution in [3.05, 3.63) is 102 Å². The molecule has 2 bridgehead atoms. The fourth-order valence-electron chi connectivity index (χ4n) is 8.38. The molecule has 6 unspecified atom stereocenters. The minimum absolute atomic E-state index is 0.194. The van der Waals surface area contributed by atoms with Gasteiger partial charge < -0.3 is 15.0 Å². The molecule has 2 saturated carbocycles. The van der Waals surface area contributed by atoms with Crippen molar-refractivity contribution in [3.8, 4) is 5.75 Å². The highest BCUT2D eigenvalue weighted by atomic mass is 79.9. The number of H-pyrrole nitrogens is 1. The van der Waals surface area contributed by atoms with Gasteiger partial charge in [0.25, 0.3) is 5.91 Å². The zero-order chi connectivity index (χ0) is 34.4. The number of thioether (sulfide) groups is 1. The predicted molar refractivity (Wildman–Crippen MR) is 182 cm³/mol. The molecule has 0 spiro atoms. The number of halogens is 4. The summed E-state index contributed by atoms with van der Waals surface area (Å²) in [5.41, 5.74) is 0.920. The van der Waals surface area contributed by atoms with Crippen LogP contribution in [-0.4, -0.2) is 34.6 Å². The second-order valence-electron chi connectivity index (χ2n) is 12.9. The van der Waals surface area contributed by atoms with E-state index in [4.69, 9.17) is 4.74 Å². The fourth-order valence-corrected chi connectivity index (χ4v) is 11.6. The highest BCUT2D eigenvalue weighted by Crippen LogP contribution is 2.69. The highest BCUT2D eigenvalue weighted by Gasteiger charge is 2.70. The quantitative estimate of drug-likeness (QED) is 0.201. The number of nitrogens with zero attached hydrogens (tertiary/aromatic N) is 1. The van der Waals surface area contributed by atoms with Gasteiger partial charge in [-0.05, 0) is 73.6 Å². The van der Waals surface area contributed by atoms with E-state index >= 15 is 0 Å². The zero-order valence-electron chi connectivity index (χ0n) is 25.6. The summed E-state index contributed by atoms with van der Waals surface area (Å²) >= 11 is 6.11. The number of thiazole rings is 1. The normalized spacial score (nSPS) is 26.8. The van der Waals surface area contributed by atoms with Crippen molar-refractivity contribution >= 4 is 68.1 Å². The number of rotatable bonds is 6. The molecule has 0 radical (unpaired) electrons. The van der Waals surface area contributed by atoms with Crippen LogP contribution in [0.3, 0.4) is 0 Å². The van der Waals surface area contributed by atoms with E-state index in [2.05, 4.69) is 26.2 Å². The lowest BCUT2D eigenvalue weighted by Crippen LogP contribution is -2.42. The molecule has 8 rings (SSSR count). The standard InChI is InChI=1S/C35H27BrF3N3O5S2/c1-15-6-9-17(10-7-15)40-24(43)14-47-23-11-8-16(36)12-18(23)25-26-19-13-20(29(26)48-31-30(25)49-34(46)41-31)28-27(19)32(44)42(33(28)45)22-5-3-2-4-21(22)35(37,38)39/h2-12,19-20,25-29H,13-14H2,1H3,(H,40,43)(H,41,46)/t19?,20?,25-,26?,27?,28?,29?/m1/s1. The van der Waals surface area contributed by atoms with E-state index in [9.17, 15) is 32.3 Å². The maximum atomic E-state index is 14.1. The Morgan fingerprint density at radius 2 is 1.73 bits per heavy atom. The Balaban J connectivity index is 1.15. The Bertz CT molecular complexity index is 2080. The molecule has 2 aliphatic carbocycles. The Morgan fingerprint density at radius 1 is 1.02 bits per heavy atom.